The van der Waals surface area contributed by atoms with Crippen LogP contribution in [0.4, 0.5) is 10.5 Å². The van der Waals surface area contributed by atoms with Crippen molar-refractivity contribution in [3.8, 4) is 0 Å². The first kappa shape index (κ1) is 15.3. The van der Waals surface area contributed by atoms with E-state index in [4.69, 9.17) is 4.74 Å². The first-order valence-electron chi connectivity index (χ1n) is 6.88. The van der Waals surface area contributed by atoms with Gasteiger partial charge >= 0.3 is 6.09 Å². The molecule has 110 valence electrons. The lowest BCUT2D eigenvalue weighted by Gasteiger charge is -2.20. The van der Waals surface area contributed by atoms with Crippen LogP contribution in [0.2, 0.25) is 0 Å². The molecule has 5 heteroatoms. The quantitative estimate of drug-likeness (QED) is 0.847. The predicted molar refractivity (Wildman–Crippen MR) is 84.0 cm³/mol. The molecule has 0 aliphatic carbocycles. The molecule has 0 spiro atoms. The zero-order chi connectivity index (χ0) is 14.8. The molecule has 2 rings (SSSR count). The third kappa shape index (κ3) is 4.21. The molecule has 1 fully saturated rings. The molecule has 20 heavy (non-hydrogen) atoms. The van der Waals surface area contributed by atoms with Crippen molar-refractivity contribution in [1.82, 2.24) is 5.32 Å². The standard InChI is InChI=1S/C15H21BrN2O2/c1-15(2,3)20-14(19)18-13-9-10(6-7-11(13)16)12-5-4-8-17-12/h6-7,9,12,17H,4-5,8H2,1-3H3,(H,18,19). The van der Waals surface area contributed by atoms with E-state index in [2.05, 4.69) is 32.6 Å². The van der Waals surface area contributed by atoms with Gasteiger partial charge in [-0.05, 0) is 73.8 Å². The van der Waals surface area contributed by atoms with Crippen molar-refractivity contribution < 1.29 is 9.53 Å². The van der Waals surface area contributed by atoms with E-state index in [-0.39, 0.29) is 0 Å². The van der Waals surface area contributed by atoms with Gasteiger partial charge in [0.1, 0.15) is 5.60 Å². The number of anilines is 1. The summed E-state index contributed by atoms with van der Waals surface area (Å²) in [6.45, 7) is 6.59. The van der Waals surface area contributed by atoms with Crippen molar-refractivity contribution in [3.63, 3.8) is 0 Å². The SMILES string of the molecule is CC(C)(C)OC(=O)Nc1cc(C2CCCN2)ccc1Br. The summed E-state index contributed by atoms with van der Waals surface area (Å²) in [7, 11) is 0. The van der Waals surface area contributed by atoms with Gasteiger partial charge in [-0.25, -0.2) is 4.79 Å². The van der Waals surface area contributed by atoms with Gasteiger partial charge in [0.05, 0.1) is 5.69 Å². The van der Waals surface area contributed by atoms with Crippen LogP contribution in [-0.2, 0) is 4.74 Å². The van der Waals surface area contributed by atoms with Crippen molar-refractivity contribution in [3.05, 3.63) is 28.2 Å². The van der Waals surface area contributed by atoms with Crippen LogP contribution in [0.25, 0.3) is 0 Å². The fraction of sp³-hybridized carbons (Fsp3) is 0.533. The maximum absolute atomic E-state index is 11.8. The van der Waals surface area contributed by atoms with Gasteiger partial charge in [-0.15, -0.1) is 0 Å². The number of amides is 1. The van der Waals surface area contributed by atoms with E-state index >= 15 is 0 Å². The fourth-order valence-corrected chi connectivity index (χ4v) is 2.58. The van der Waals surface area contributed by atoms with E-state index in [0.717, 1.165) is 23.1 Å². The Hall–Kier alpha value is -1.07. The molecule has 1 aromatic rings. The van der Waals surface area contributed by atoms with E-state index in [0.29, 0.717) is 6.04 Å². The zero-order valence-electron chi connectivity index (χ0n) is 12.1. The van der Waals surface area contributed by atoms with Gasteiger partial charge in [-0.3, -0.25) is 5.32 Å². The number of nitrogens with one attached hydrogen (secondary N) is 2. The summed E-state index contributed by atoms with van der Waals surface area (Å²) < 4.78 is 6.13. The summed E-state index contributed by atoms with van der Waals surface area (Å²) in [5, 5.41) is 6.25. The second kappa shape index (κ2) is 6.14. The molecule has 1 atom stereocenters. The van der Waals surface area contributed by atoms with Crippen molar-refractivity contribution in [2.75, 3.05) is 11.9 Å². The maximum Gasteiger partial charge on any atom is 0.412 e. The smallest absolute Gasteiger partial charge is 0.412 e. The normalized spacial score (nSPS) is 18.9. The first-order valence-corrected chi connectivity index (χ1v) is 7.67. The van der Waals surface area contributed by atoms with Crippen LogP contribution in [0.5, 0.6) is 0 Å². The van der Waals surface area contributed by atoms with Crippen LogP contribution in [-0.4, -0.2) is 18.2 Å². The maximum atomic E-state index is 11.8. The molecular formula is C15H21BrN2O2. The van der Waals surface area contributed by atoms with Gasteiger partial charge in [0.15, 0.2) is 0 Å². The Morgan fingerprint density at radius 2 is 2.20 bits per heavy atom. The summed E-state index contributed by atoms with van der Waals surface area (Å²) >= 11 is 3.46. The average Bonchev–Trinajstić information content (AvgIpc) is 2.83. The number of benzene rings is 1. The summed E-state index contributed by atoms with van der Waals surface area (Å²) in [5.74, 6) is 0. The monoisotopic (exact) mass is 340 g/mol. The number of carbonyl (C=O) groups excluding carboxylic acids is 1. The minimum absolute atomic E-state index is 0.377. The second-order valence-electron chi connectivity index (χ2n) is 6.02. The third-order valence-corrected chi connectivity index (χ3v) is 3.78. The van der Waals surface area contributed by atoms with Gasteiger partial charge in [0.25, 0.3) is 0 Å². The average molecular weight is 341 g/mol. The summed E-state index contributed by atoms with van der Waals surface area (Å²) in [6.07, 6.45) is 1.89. The molecule has 1 aliphatic heterocycles. The van der Waals surface area contributed by atoms with Crippen LogP contribution in [0.15, 0.2) is 22.7 Å². The van der Waals surface area contributed by atoms with E-state index in [1.807, 2.05) is 32.9 Å². The van der Waals surface area contributed by atoms with E-state index in [1.165, 1.54) is 12.0 Å². The third-order valence-electron chi connectivity index (χ3n) is 3.09. The number of hydrogen-bond acceptors (Lipinski definition) is 3. The Balaban J connectivity index is 2.10. The number of halogens is 1. The fourth-order valence-electron chi connectivity index (χ4n) is 2.24. The predicted octanol–water partition coefficient (Wildman–Crippen LogP) is 4.22. The Labute approximate surface area is 128 Å². The minimum atomic E-state index is -0.499. The van der Waals surface area contributed by atoms with Crippen molar-refractivity contribution in [2.24, 2.45) is 0 Å². The van der Waals surface area contributed by atoms with Gasteiger partial charge in [0, 0.05) is 10.5 Å². The molecule has 1 heterocycles. The molecule has 0 radical (unpaired) electrons. The van der Waals surface area contributed by atoms with Gasteiger partial charge in [0.2, 0.25) is 0 Å². The summed E-state index contributed by atoms with van der Waals surface area (Å²) in [4.78, 5) is 11.8. The minimum Gasteiger partial charge on any atom is -0.444 e. The Morgan fingerprint density at radius 3 is 2.80 bits per heavy atom. The first-order chi connectivity index (χ1) is 9.35. The van der Waals surface area contributed by atoms with Crippen LogP contribution >= 0.6 is 15.9 Å². The largest absolute Gasteiger partial charge is 0.444 e. The van der Waals surface area contributed by atoms with Crippen molar-refractivity contribution in [1.29, 1.82) is 0 Å². The topological polar surface area (TPSA) is 50.4 Å². The van der Waals surface area contributed by atoms with Crippen LogP contribution in [0.1, 0.15) is 45.2 Å². The molecule has 1 aromatic carbocycles. The highest BCUT2D eigenvalue weighted by Gasteiger charge is 2.19. The molecule has 1 amide bonds. The van der Waals surface area contributed by atoms with Crippen LogP contribution in [0, 0.1) is 0 Å². The lowest BCUT2D eigenvalue weighted by molar-refractivity contribution is 0.0636. The molecule has 2 N–H and O–H groups in total. The highest BCUT2D eigenvalue weighted by Crippen LogP contribution is 2.30. The number of hydrogen-bond donors (Lipinski definition) is 2. The lowest BCUT2D eigenvalue weighted by atomic mass is 10.0. The Morgan fingerprint density at radius 1 is 1.45 bits per heavy atom. The highest BCUT2D eigenvalue weighted by molar-refractivity contribution is 9.10. The van der Waals surface area contributed by atoms with Crippen molar-refractivity contribution in [2.45, 2.75) is 45.3 Å². The summed E-state index contributed by atoms with van der Waals surface area (Å²) in [5.41, 5.74) is 1.43. The van der Waals surface area contributed by atoms with Crippen LogP contribution in [0.3, 0.4) is 0 Å². The van der Waals surface area contributed by atoms with Gasteiger partial charge < -0.3 is 10.1 Å². The second-order valence-corrected chi connectivity index (χ2v) is 6.87. The summed E-state index contributed by atoms with van der Waals surface area (Å²) in [6, 6.07) is 6.41. The van der Waals surface area contributed by atoms with Crippen molar-refractivity contribution >= 4 is 27.7 Å². The number of carbonyl (C=O) groups is 1. The van der Waals surface area contributed by atoms with E-state index in [1.54, 1.807) is 0 Å². The number of rotatable bonds is 2. The van der Waals surface area contributed by atoms with Gasteiger partial charge in [-0.2, -0.15) is 0 Å². The lowest BCUT2D eigenvalue weighted by Crippen LogP contribution is -2.27. The molecule has 4 nitrogen and oxygen atoms in total. The molecular weight excluding hydrogens is 320 g/mol. The molecule has 1 unspecified atom stereocenters. The van der Waals surface area contributed by atoms with Crippen LogP contribution < -0.4 is 10.6 Å². The Kier molecular flexibility index (Phi) is 4.70. The Bertz CT molecular complexity index is 491. The number of ether oxygens (including phenoxy) is 1. The van der Waals surface area contributed by atoms with E-state index < -0.39 is 11.7 Å². The van der Waals surface area contributed by atoms with E-state index in [9.17, 15) is 4.79 Å². The molecule has 0 aromatic heterocycles. The zero-order valence-corrected chi connectivity index (χ0v) is 13.7. The molecule has 1 aliphatic rings. The highest BCUT2D eigenvalue weighted by atomic mass is 79.9. The van der Waals surface area contributed by atoms with Gasteiger partial charge in [-0.1, -0.05) is 6.07 Å². The molecule has 1 saturated heterocycles. The molecule has 0 bridgehead atoms. The molecule has 0 saturated carbocycles.